The molecule has 32 heavy (non-hydrogen) atoms. The molecule has 5 heteroatoms. The molecule has 0 N–H and O–H groups in total. The van der Waals surface area contributed by atoms with Crippen LogP contribution in [0.1, 0.15) is 50.3 Å². The largest absolute Gasteiger partial charge is 0.342 e. The van der Waals surface area contributed by atoms with Crippen molar-refractivity contribution < 1.29 is 13.6 Å². The molecule has 1 aliphatic heterocycles. The van der Waals surface area contributed by atoms with Gasteiger partial charge in [0.05, 0.1) is 0 Å². The first-order valence-corrected chi connectivity index (χ1v) is 11.7. The predicted molar refractivity (Wildman–Crippen MR) is 125 cm³/mol. The van der Waals surface area contributed by atoms with Crippen molar-refractivity contribution in [1.29, 1.82) is 0 Å². The van der Waals surface area contributed by atoms with Crippen molar-refractivity contribution in [3.05, 3.63) is 70.8 Å². The molecule has 1 heterocycles. The first-order chi connectivity index (χ1) is 15.1. The number of carbonyl (C=O) groups is 1. The van der Waals surface area contributed by atoms with E-state index in [1.165, 1.54) is 12.1 Å². The molecule has 0 unspecified atom stereocenters. The normalized spacial score (nSPS) is 19.2. The van der Waals surface area contributed by atoms with Gasteiger partial charge in [-0.05, 0) is 42.5 Å². The number of aryl methyl sites for hydroxylation is 1. The number of hydrogen-bond donors (Lipinski definition) is 0. The van der Waals surface area contributed by atoms with Crippen molar-refractivity contribution in [2.75, 3.05) is 26.2 Å². The summed E-state index contributed by atoms with van der Waals surface area (Å²) in [6.07, 6.45) is 0. The molecular formula is C27H36F2N2O. The molecule has 0 aromatic heterocycles. The molecule has 0 bridgehead atoms. The van der Waals surface area contributed by atoms with Gasteiger partial charge in [0.15, 0.2) is 0 Å². The molecule has 0 aliphatic carbocycles. The molecule has 3 nitrogen and oxygen atoms in total. The summed E-state index contributed by atoms with van der Waals surface area (Å²) >= 11 is 0. The summed E-state index contributed by atoms with van der Waals surface area (Å²) in [4.78, 5) is 17.1. The first-order valence-electron chi connectivity index (χ1n) is 11.7. The number of amides is 1. The topological polar surface area (TPSA) is 23.6 Å². The number of benzene rings is 2. The highest BCUT2D eigenvalue weighted by molar-refractivity contribution is 5.78. The van der Waals surface area contributed by atoms with Gasteiger partial charge in [-0.2, -0.15) is 0 Å². The number of carbonyl (C=O) groups excluding carboxylic acids is 1. The average Bonchev–Trinajstić information content (AvgIpc) is 3.11. The molecule has 0 saturated carbocycles. The van der Waals surface area contributed by atoms with E-state index in [1.807, 2.05) is 37.8 Å². The minimum absolute atomic E-state index is 0.0692. The monoisotopic (exact) mass is 442 g/mol. The van der Waals surface area contributed by atoms with Gasteiger partial charge >= 0.3 is 0 Å². The summed E-state index contributed by atoms with van der Waals surface area (Å²) in [5.74, 6) is 0.253. The quantitative estimate of drug-likeness (QED) is 0.529. The summed E-state index contributed by atoms with van der Waals surface area (Å²) in [5.41, 5.74) is 2.66. The van der Waals surface area contributed by atoms with Crippen LogP contribution in [0.15, 0.2) is 42.5 Å². The Morgan fingerprint density at radius 1 is 1.09 bits per heavy atom. The Labute approximate surface area is 191 Å². The highest BCUT2D eigenvalue weighted by atomic mass is 19.1. The van der Waals surface area contributed by atoms with E-state index in [4.69, 9.17) is 0 Å². The van der Waals surface area contributed by atoms with E-state index in [0.717, 1.165) is 17.7 Å². The Morgan fingerprint density at radius 3 is 2.50 bits per heavy atom. The summed E-state index contributed by atoms with van der Waals surface area (Å²) in [6.45, 7) is 13.4. The van der Waals surface area contributed by atoms with Crippen LogP contribution in [-0.4, -0.2) is 41.9 Å². The van der Waals surface area contributed by atoms with E-state index in [-0.39, 0.29) is 35.3 Å². The third-order valence-electron chi connectivity index (χ3n) is 6.23. The van der Waals surface area contributed by atoms with Crippen LogP contribution in [0.4, 0.5) is 8.78 Å². The third kappa shape index (κ3) is 6.16. The van der Waals surface area contributed by atoms with Gasteiger partial charge < -0.3 is 4.90 Å². The van der Waals surface area contributed by atoms with Crippen molar-refractivity contribution in [1.82, 2.24) is 9.80 Å². The highest BCUT2D eigenvalue weighted by Gasteiger charge is 2.36. The van der Waals surface area contributed by atoms with Crippen LogP contribution in [0.2, 0.25) is 0 Å². The van der Waals surface area contributed by atoms with Crippen LogP contribution >= 0.6 is 0 Å². The maximum absolute atomic E-state index is 14.4. The summed E-state index contributed by atoms with van der Waals surface area (Å²) in [5, 5.41) is 0. The van der Waals surface area contributed by atoms with Crippen molar-refractivity contribution in [2.45, 2.75) is 47.1 Å². The smallest absolute Gasteiger partial charge is 0.225 e. The average molecular weight is 443 g/mol. The number of hydrogen-bond acceptors (Lipinski definition) is 2. The molecule has 174 valence electrons. The van der Waals surface area contributed by atoms with Gasteiger partial charge in [0.1, 0.15) is 11.6 Å². The van der Waals surface area contributed by atoms with E-state index < -0.39 is 0 Å². The zero-order valence-corrected chi connectivity index (χ0v) is 19.9. The second-order valence-electron chi connectivity index (χ2n) is 10.0. The number of nitrogens with zero attached hydrogens (tertiary/aromatic N) is 2. The van der Waals surface area contributed by atoms with Gasteiger partial charge in [-0.1, -0.05) is 57.5 Å². The Hall–Kier alpha value is -2.27. The van der Waals surface area contributed by atoms with E-state index >= 15 is 0 Å². The molecule has 1 saturated heterocycles. The minimum atomic E-state index is -0.248. The molecule has 0 radical (unpaired) electrons. The number of likely N-dealkylation sites (tertiary alicyclic amines) is 1. The lowest BCUT2D eigenvalue weighted by Crippen LogP contribution is -2.41. The van der Waals surface area contributed by atoms with Crippen LogP contribution < -0.4 is 0 Å². The summed E-state index contributed by atoms with van der Waals surface area (Å²) in [6, 6.07) is 12.0. The molecule has 1 aliphatic rings. The van der Waals surface area contributed by atoms with Crippen LogP contribution in [0.25, 0.3) is 0 Å². The lowest BCUT2D eigenvalue weighted by molar-refractivity contribution is -0.135. The Morgan fingerprint density at radius 2 is 1.84 bits per heavy atom. The van der Waals surface area contributed by atoms with Crippen LogP contribution in [0.5, 0.6) is 0 Å². The van der Waals surface area contributed by atoms with Gasteiger partial charge in [-0.15, -0.1) is 0 Å². The second-order valence-corrected chi connectivity index (χ2v) is 10.0. The van der Waals surface area contributed by atoms with Crippen molar-refractivity contribution in [3.63, 3.8) is 0 Å². The van der Waals surface area contributed by atoms with E-state index in [1.54, 1.807) is 18.2 Å². The standard InChI is InChI=1S/C27H36F2N2O/c1-18(2)13-31(27(32)19(3)4)16-23-15-30(14-22-11-20(5)9-10-26(22)29)17-25(23)21-7-6-8-24(28)12-21/h6-12,18-19,23,25H,13-17H2,1-5H3/t23-,25+/m0/s1. The molecule has 2 atom stereocenters. The van der Waals surface area contributed by atoms with E-state index in [2.05, 4.69) is 18.7 Å². The second kappa shape index (κ2) is 10.6. The Kier molecular flexibility index (Phi) is 8.05. The number of rotatable bonds is 8. The fourth-order valence-corrected chi connectivity index (χ4v) is 4.80. The molecular weight excluding hydrogens is 406 g/mol. The van der Waals surface area contributed by atoms with Crippen molar-refractivity contribution >= 4 is 5.91 Å². The van der Waals surface area contributed by atoms with Gasteiger partial charge in [-0.3, -0.25) is 9.69 Å². The summed E-state index contributed by atoms with van der Waals surface area (Å²) < 4.78 is 28.4. The predicted octanol–water partition coefficient (Wildman–Crippen LogP) is 5.63. The minimum Gasteiger partial charge on any atom is -0.342 e. The van der Waals surface area contributed by atoms with Crippen LogP contribution in [0.3, 0.4) is 0 Å². The molecule has 1 fully saturated rings. The highest BCUT2D eigenvalue weighted by Crippen LogP contribution is 2.35. The first kappa shape index (κ1) is 24.4. The van der Waals surface area contributed by atoms with Gasteiger partial charge in [0, 0.05) is 50.1 Å². The Balaban J connectivity index is 1.86. The van der Waals surface area contributed by atoms with Gasteiger partial charge in [0.2, 0.25) is 5.91 Å². The van der Waals surface area contributed by atoms with Gasteiger partial charge in [-0.25, -0.2) is 8.78 Å². The van der Waals surface area contributed by atoms with Crippen molar-refractivity contribution in [3.8, 4) is 0 Å². The zero-order valence-electron chi connectivity index (χ0n) is 19.9. The van der Waals surface area contributed by atoms with E-state index in [0.29, 0.717) is 37.7 Å². The molecule has 1 amide bonds. The molecule has 3 rings (SSSR count). The fourth-order valence-electron chi connectivity index (χ4n) is 4.80. The van der Waals surface area contributed by atoms with Crippen LogP contribution in [0, 0.1) is 36.3 Å². The SMILES string of the molecule is Cc1ccc(F)c(CN2C[C@@H](CN(CC(C)C)C(=O)C(C)C)[C@@H](c3cccc(F)c3)C2)c1. The van der Waals surface area contributed by atoms with Gasteiger partial charge in [0.25, 0.3) is 0 Å². The third-order valence-corrected chi connectivity index (χ3v) is 6.23. The van der Waals surface area contributed by atoms with Crippen LogP contribution in [-0.2, 0) is 11.3 Å². The van der Waals surface area contributed by atoms with E-state index in [9.17, 15) is 13.6 Å². The van der Waals surface area contributed by atoms with Crippen molar-refractivity contribution in [2.24, 2.45) is 17.8 Å². The number of halogens is 2. The molecule has 2 aromatic carbocycles. The Bertz CT molecular complexity index is 928. The lowest BCUT2D eigenvalue weighted by atomic mass is 9.88. The summed E-state index contributed by atoms with van der Waals surface area (Å²) in [7, 11) is 0. The zero-order chi connectivity index (χ0) is 23.4. The lowest BCUT2D eigenvalue weighted by Gasteiger charge is -2.31. The fraction of sp³-hybridized carbons (Fsp3) is 0.519. The molecule has 0 spiro atoms. The maximum Gasteiger partial charge on any atom is 0.225 e. The maximum atomic E-state index is 14.4. The molecule has 2 aromatic rings.